The Bertz CT molecular complexity index is 1140. The molecule has 130 valence electrons. The molecule has 4 aromatic rings. The quantitative estimate of drug-likeness (QED) is 0.555. The number of fused-ring (bicyclic) bond motifs is 1. The summed E-state index contributed by atoms with van der Waals surface area (Å²) in [5.74, 6) is 0.662. The fourth-order valence-corrected chi connectivity index (χ4v) is 3.02. The molecule has 0 aliphatic carbocycles. The van der Waals surface area contributed by atoms with Gasteiger partial charge in [0.05, 0.1) is 28.7 Å². The molecule has 0 saturated carbocycles. The van der Waals surface area contributed by atoms with Gasteiger partial charge < -0.3 is 10.1 Å². The lowest BCUT2D eigenvalue weighted by Gasteiger charge is -2.05. The minimum atomic E-state index is 0.0686. The van der Waals surface area contributed by atoms with Crippen molar-refractivity contribution in [3.05, 3.63) is 54.1 Å². The van der Waals surface area contributed by atoms with Gasteiger partial charge in [0.1, 0.15) is 0 Å². The van der Waals surface area contributed by atoms with E-state index in [9.17, 15) is 5.11 Å². The average Bonchev–Trinajstić information content (AvgIpc) is 3.16. The smallest absolute Gasteiger partial charge is 0.198 e. The zero-order valence-electron chi connectivity index (χ0n) is 14.7. The SMILES string of the molecule is CC(=Nc1ccn(C)n1)c1c(O)[nH]c2cnc(-c3cnccc3C)cc12. The maximum atomic E-state index is 10.4. The number of nitrogens with zero attached hydrogens (tertiary/aromatic N) is 5. The molecule has 0 atom stereocenters. The van der Waals surface area contributed by atoms with Crippen LogP contribution in [0.3, 0.4) is 0 Å². The Hall–Kier alpha value is -3.48. The van der Waals surface area contributed by atoms with E-state index >= 15 is 0 Å². The second-order valence-corrected chi connectivity index (χ2v) is 6.20. The zero-order chi connectivity index (χ0) is 18.3. The summed E-state index contributed by atoms with van der Waals surface area (Å²) in [6, 6.07) is 5.72. The van der Waals surface area contributed by atoms with Gasteiger partial charge in [-0.3, -0.25) is 14.6 Å². The minimum absolute atomic E-state index is 0.0686. The topological polar surface area (TPSA) is 92.0 Å². The summed E-state index contributed by atoms with van der Waals surface area (Å²) in [6.45, 7) is 3.87. The highest BCUT2D eigenvalue weighted by Crippen LogP contribution is 2.31. The molecule has 0 bridgehead atoms. The van der Waals surface area contributed by atoms with Crippen LogP contribution in [0.5, 0.6) is 5.88 Å². The Balaban J connectivity index is 1.87. The number of H-pyrrole nitrogens is 1. The maximum absolute atomic E-state index is 10.4. The fourth-order valence-electron chi connectivity index (χ4n) is 3.02. The highest BCUT2D eigenvalue weighted by molar-refractivity contribution is 6.13. The lowest BCUT2D eigenvalue weighted by molar-refractivity contribution is 0.457. The minimum Gasteiger partial charge on any atom is -0.494 e. The van der Waals surface area contributed by atoms with Crippen LogP contribution in [-0.2, 0) is 7.05 Å². The fraction of sp³-hybridized carbons (Fsp3) is 0.158. The molecular weight excluding hydrogens is 328 g/mol. The first-order valence-corrected chi connectivity index (χ1v) is 8.20. The molecule has 4 aromatic heterocycles. The van der Waals surface area contributed by atoms with E-state index in [2.05, 4.69) is 25.0 Å². The number of hydrogen-bond donors (Lipinski definition) is 2. The first kappa shape index (κ1) is 16.0. The van der Waals surface area contributed by atoms with Crippen molar-refractivity contribution in [1.82, 2.24) is 24.7 Å². The summed E-state index contributed by atoms with van der Waals surface area (Å²) in [7, 11) is 1.84. The number of pyridine rings is 2. The summed E-state index contributed by atoms with van der Waals surface area (Å²) in [5.41, 5.74) is 4.92. The first-order chi connectivity index (χ1) is 12.5. The predicted octanol–water partition coefficient (Wildman–Crippen LogP) is 3.51. The molecule has 4 heterocycles. The summed E-state index contributed by atoms with van der Waals surface area (Å²) < 4.78 is 1.69. The van der Waals surface area contributed by atoms with E-state index in [4.69, 9.17) is 0 Å². The standard InChI is InChI=1S/C19H18N6O/c1-11-4-6-20-9-14(11)15-8-13-16(10-21-15)23-19(26)18(13)12(2)22-17-5-7-25(3)24-17/h4-10,23,26H,1-3H3. The molecule has 0 aromatic carbocycles. The van der Waals surface area contributed by atoms with Gasteiger partial charge >= 0.3 is 0 Å². The molecule has 0 saturated heterocycles. The maximum Gasteiger partial charge on any atom is 0.198 e. The number of aliphatic imine (C=N–C) groups is 1. The molecule has 7 heteroatoms. The van der Waals surface area contributed by atoms with Gasteiger partial charge in [0.2, 0.25) is 0 Å². The van der Waals surface area contributed by atoms with E-state index in [1.807, 2.05) is 45.3 Å². The number of hydrogen-bond acceptors (Lipinski definition) is 5. The number of rotatable bonds is 3. The van der Waals surface area contributed by atoms with E-state index in [1.54, 1.807) is 23.3 Å². The Morgan fingerprint density at radius 1 is 1.27 bits per heavy atom. The Morgan fingerprint density at radius 2 is 2.12 bits per heavy atom. The Kier molecular flexibility index (Phi) is 3.76. The molecule has 26 heavy (non-hydrogen) atoms. The number of nitrogens with one attached hydrogen (secondary N) is 1. The molecule has 2 N–H and O–H groups in total. The van der Waals surface area contributed by atoms with Gasteiger partial charge in [0.15, 0.2) is 11.7 Å². The van der Waals surface area contributed by atoms with E-state index in [0.29, 0.717) is 17.1 Å². The molecule has 0 spiro atoms. The zero-order valence-corrected chi connectivity index (χ0v) is 14.7. The molecule has 0 aliphatic heterocycles. The molecule has 0 amide bonds. The van der Waals surface area contributed by atoms with Gasteiger partial charge in [-0.1, -0.05) is 0 Å². The van der Waals surface area contributed by atoms with Crippen molar-refractivity contribution in [2.45, 2.75) is 13.8 Å². The van der Waals surface area contributed by atoms with Crippen molar-refractivity contribution in [2.75, 3.05) is 0 Å². The van der Waals surface area contributed by atoms with Gasteiger partial charge in [-0.05, 0) is 31.5 Å². The number of aryl methyl sites for hydroxylation is 2. The third kappa shape index (κ3) is 2.73. The predicted molar refractivity (Wildman–Crippen MR) is 101 cm³/mol. The number of aromatic amines is 1. The van der Waals surface area contributed by atoms with Crippen LogP contribution in [0.1, 0.15) is 18.1 Å². The van der Waals surface area contributed by atoms with Crippen molar-refractivity contribution < 1.29 is 5.11 Å². The lowest BCUT2D eigenvalue weighted by atomic mass is 10.0. The van der Waals surface area contributed by atoms with E-state index in [-0.39, 0.29) is 5.88 Å². The van der Waals surface area contributed by atoms with Crippen molar-refractivity contribution in [3.63, 3.8) is 0 Å². The van der Waals surface area contributed by atoms with Crippen LogP contribution in [0.15, 0.2) is 48.0 Å². The van der Waals surface area contributed by atoms with E-state index in [0.717, 1.165) is 27.7 Å². The van der Waals surface area contributed by atoms with Crippen molar-refractivity contribution >= 4 is 22.4 Å². The molecule has 0 aliphatic rings. The average molecular weight is 346 g/mol. The molecule has 0 fully saturated rings. The molecular formula is C19H18N6O. The van der Waals surface area contributed by atoms with Crippen molar-refractivity contribution in [1.29, 1.82) is 0 Å². The first-order valence-electron chi connectivity index (χ1n) is 8.20. The van der Waals surface area contributed by atoms with E-state index < -0.39 is 0 Å². The van der Waals surface area contributed by atoms with Crippen LogP contribution in [-0.4, -0.2) is 35.6 Å². The third-order valence-corrected chi connectivity index (χ3v) is 4.32. The van der Waals surface area contributed by atoms with Gasteiger partial charge in [-0.2, -0.15) is 5.10 Å². The largest absolute Gasteiger partial charge is 0.494 e. The van der Waals surface area contributed by atoms with Gasteiger partial charge in [-0.15, -0.1) is 0 Å². The van der Waals surface area contributed by atoms with Gasteiger partial charge in [0, 0.05) is 42.7 Å². The Labute approximate surface area is 150 Å². The molecule has 0 unspecified atom stereocenters. The van der Waals surface area contributed by atoms with Crippen molar-refractivity contribution in [2.24, 2.45) is 12.0 Å². The second-order valence-electron chi connectivity index (χ2n) is 6.20. The van der Waals surface area contributed by atoms with Gasteiger partial charge in [0.25, 0.3) is 0 Å². The van der Waals surface area contributed by atoms with Crippen LogP contribution in [0.4, 0.5) is 5.82 Å². The molecule has 0 radical (unpaired) electrons. The summed E-state index contributed by atoms with van der Waals surface area (Å²) in [5, 5.41) is 15.5. The summed E-state index contributed by atoms with van der Waals surface area (Å²) in [4.78, 5) is 16.2. The monoisotopic (exact) mass is 346 g/mol. The van der Waals surface area contributed by atoms with Crippen LogP contribution in [0, 0.1) is 6.92 Å². The molecule has 7 nitrogen and oxygen atoms in total. The van der Waals surface area contributed by atoms with Crippen LogP contribution < -0.4 is 0 Å². The third-order valence-electron chi connectivity index (χ3n) is 4.32. The Morgan fingerprint density at radius 3 is 2.85 bits per heavy atom. The second kappa shape index (κ2) is 6.11. The highest BCUT2D eigenvalue weighted by Gasteiger charge is 2.16. The van der Waals surface area contributed by atoms with Crippen molar-refractivity contribution in [3.8, 4) is 17.1 Å². The number of aromatic nitrogens is 5. The number of aromatic hydroxyl groups is 1. The van der Waals surface area contributed by atoms with E-state index in [1.165, 1.54) is 0 Å². The normalized spacial score (nSPS) is 12.0. The lowest BCUT2D eigenvalue weighted by Crippen LogP contribution is -1.95. The summed E-state index contributed by atoms with van der Waals surface area (Å²) in [6.07, 6.45) is 7.10. The van der Waals surface area contributed by atoms with Gasteiger partial charge in [-0.25, -0.2) is 4.99 Å². The summed E-state index contributed by atoms with van der Waals surface area (Å²) >= 11 is 0. The van der Waals surface area contributed by atoms with Crippen LogP contribution in [0.25, 0.3) is 22.2 Å². The van der Waals surface area contributed by atoms with Crippen LogP contribution in [0.2, 0.25) is 0 Å². The molecule has 4 rings (SSSR count). The van der Waals surface area contributed by atoms with Crippen LogP contribution >= 0.6 is 0 Å². The highest BCUT2D eigenvalue weighted by atomic mass is 16.3.